The Morgan fingerprint density at radius 1 is 1.38 bits per heavy atom. The van der Waals surface area contributed by atoms with Crippen LogP contribution in [0.1, 0.15) is 45.4 Å². The fraction of sp³-hybridized carbons (Fsp3) is 0.909. The first-order valence-electron chi connectivity index (χ1n) is 5.49. The Labute approximate surface area is 81.5 Å². The molecule has 1 aliphatic carbocycles. The standard InChI is InChI=1S/C11H20N2/c1-2-3-9-13(10-8-12)11-6-4-5-7-11/h11H,2-7,9-10H2,1H3. The molecule has 2 heteroatoms. The van der Waals surface area contributed by atoms with Crippen LogP contribution in [0.4, 0.5) is 0 Å². The number of rotatable bonds is 5. The van der Waals surface area contributed by atoms with Gasteiger partial charge in [0.25, 0.3) is 0 Å². The molecule has 0 atom stereocenters. The minimum atomic E-state index is 0.630. The highest BCUT2D eigenvalue weighted by Crippen LogP contribution is 2.23. The van der Waals surface area contributed by atoms with Crippen LogP contribution in [0.3, 0.4) is 0 Å². The second-order valence-corrected chi connectivity index (χ2v) is 3.92. The molecule has 0 spiro atoms. The summed E-state index contributed by atoms with van der Waals surface area (Å²) in [6.45, 7) is 3.96. The lowest BCUT2D eigenvalue weighted by atomic mass is 10.2. The first-order valence-corrected chi connectivity index (χ1v) is 5.49. The summed E-state index contributed by atoms with van der Waals surface area (Å²) in [7, 11) is 0. The Balaban J connectivity index is 2.32. The van der Waals surface area contributed by atoms with Gasteiger partial charge in [-0.25, -0.2) is 0 Å². The maximum atomic E-state index is 8.70. The Kier molecular flexibility index (Phi) is 4.85. The van der Waals surface area contributed by atoms with E-state index in [4.69, 9.17) is 5.26 Å². The summed E-state index contributed by atoms with van der Waals surface area (Å²) in [6, 6.07) is 2.99. The van der Waals surface area contributed by atoms with Crippen LogP contribution < -0.4 is 0 Å². The summed E-state index contributed by atoms with van der Waals surface area (Å²) in [5.74, 6) is 0. The van der Waals surface area contributed by atoms with Crippen LogP contribution in [0.2, 0.25) is 0 Å². The van der Waals surface area contributed by atoms with Crippen molar-refractivity contribution in [1.82, 2.24) is 4.90 Å². The van der Waals surface area contributed by atoms with Gasteiger partial charge in [-0.3, -0.25) is 4.90 Å². The predicted molar refractivity (Wildman–Crippen MR) is 54.4 cm³/mol. The van der Waals surface area contributed by atoms with Gasteiger partial charge in [-0.2, -0.15) is 5.26 Å². The molecule has 1 aliphatic rings. The van der Waals surface area contributed by atoms with Crippen molar-refractivity contribution >= 4 is 0 Å². The van der Waals surface area contributed by atoms with Crippen molar-refractivity contribution in [2.24, 2.45) is 0 Å². The van der Waals surface area contributed by atoms with E-state index in [1.54, 1.807) is 0 Å². The van der Waals surface area contributed by atoms with Crippen LogP contribution >= 0.6 is 0 Å². The molecule has 0 N–H and O–H groups in total. The second kappa shape index (κ2) is 5.99. The topological polar surface area (TPSA) is 27.0 Å². The van der Waals surface area contributed by atoms with Crippen LogP contribution in [0.5, 0.6) is 0 Å². The van der Waals surface area contributed by atoms with Gasteiger partial charge in [0.2, 0.25) is 0 Å². The van der Waals surface area contributed by atoms with E-state index in [1.807, 2.05) is 0 Å². The molecule has 0 amide bonds. The molecule has 0 bridgehead atoms. The number of nitriles is 1. The normalized spacial score (nSPS) is 17.9. The highest BCUT2D eigenvalue weighted by molar-refractivity contribution is 4.84. The third-order valence-corrected chi connectivity index (χ3v) is 2.91. The van der Waals surface area contributed by atoms with E-state index >= 15 is 0 Å². The number of hydrogen-bond donors (Lipinski definition) is 0. The Morgan fingerprint density at radius 3 is 2.62 bits per heavy atom. The van der Waals surface area contributed by atoms with Gasteiger partial charge in [0.15, 0.2) is 0 Å². The fourth-order valence-electron chi connectivity index (χ4n) is 2.11. The van der Waals surface area contributed by atoms with Gasteiger partial charge >= 0.3 is 0 Å². The fourth-order valence-corrected chi connectivity index (χ4v) is 2.11. The molecule has 0 saturated heterocycles. The zero-order chi connectivity index (χ0) is 9.52. The largest absolute Gasteiger partial charge is 0.288 e. The van der Waals surface area contributed by atoms with Gasteiger partial charge in [0.1, 0.15) is 0 Å². The molecule has 0 aromatic heterocycles. The van der Waals surface area contributed by atoms with E-state index in [9.17, 15) is 0 Å². The number of nitrogens with zero attached hydrogens (tertiary/aromatic N) is 2. The lowest BCUT2D eigenvalue weighted by Crippen LogP contribution is -2.34. The van der Waals surface area contributed by atoms with Crippen LogP contribution in [0.15, 0.2) is 0 Å². The third kappa shape index (κ3) is 3.36. The summed E-state index contributed by atoms with van der Waals surface area (Å²) in [5, 5.41) is 8.70. The van der Waals surface area contributed by atoms with Crippen molar-refractivity contribution in [3.8, 4) is 6.07 Å². The van der Waals surface area contributed by atoms with Crippen LogP contribution in [-0.2, 0) is 0 Å². The van der Waals surface area contributed by atoms with Gasteiger partial charge < -0.3 is 0 Å². The first-order chi connectivity index (χ1) is 6.38. The monoisotopic (exact) mass is 180 g/mol. The van der Waals surface area contributed by atoms with Gasteiger partial charge in [-0.05, 0) is 25.8 Å². The van der Waals surface area contributed by atoms with Crippen LogP contribution in [-0.4, -0.2) is 24.0 Å². The highest BCUT2D eigenvalue weighted by atomic mass is 15.1. The molecule has 1 rings (SSSR count). The van der Waals surface area contributed by atoms with Crippen LogP contribution in [0, 0.1) is 11.3 Å². The minimum absolute atomic E-state index is 0.630. The van der Waals surface area contributed by atoms with Gasteiger partial charge in [0.05, 0.1) is 12.6 Å². The average molecular weight is 180 g/mol. The summed E-state index contributed by atoms with van der Waals surface area (Å²) < 4.78 is 0. The summed E-state index contributed by atoms with van der Waals surface area (Å²) >= 11 is 0. The second-order valence-electron chi connectivity index (χ2n) is 3.92. The molecule has 74 valence electrons. The summed E-state index contributed by atoms with van der Waals surface area (Å²) in [4.78, 5) is 2.37. The first kappa shape index (κ1) is 10.5. The minimum Gasteiger partial charge on any atom is -0.288 e. The highest BCUT2D eigenvalue weighted by Gasteiger charge is 2.21. The van der Waals surface area contributed by atoms with Crippen molar-refractivity contribution in [3.05, 3.63) is 0 Å². The summed E-state index contributed by atoms with van der Waals surface area (Å²) in [6.07, 6.45) is 7.81. The molecule has 1 saturated carbocycles. The molecule has 1 fully saturated rings. The van der Waals surface area contributed by atoms with E-state index < -0.39 is 0 Å². The van der Waals surface area contributed by atoms with E-state index in [0.29, 0.717) is 12.6 Å². The zero-order valence-corrected chi connectivity index (χ0v) is 8.63. The lowest BCUT2D eigenvalue weighted by Gasteiger charge is -2.25. The molecule has 0 radical (unpaired) electrons. The smallest absolute Gasteiger partial charge is 0.0868 e. The molecule has 2 nitrogen and oxygen atoms in total. The molecule has 0 unspecified atom stereocenters. The number of hydrogen-bond acceptors (Lipinski definition) is 2. The quantitative estimate of drug-likeness (QED) is 0.608. The zero-order valence-electron chi connectivity index (χ0n) is 8.63. The van der Waals surface area contributed by atoms with Crippen molar-refractivity contribution < 1.29 is 0 Å². The van der Waals surface area contributed by atoms with E-state index in [2.05, 4.69) is 17.9 Å². The SMILES string of the molecule is CCCCN(CC#N)C1CCCC1. The Bertz CT molecular complexity index is 165. The van der Waals surface area contributed by atoms with Crippen molar-refractivity contribution in [2.75, 3.05) is 13.1 Å². The molecule has 0 aliphatic heterocycles. The van der Waals surface area contributed by atoms with Gasteiger partial charge in [0, 0.05) is 6.04 Å². The van der Waals surface area contributed by atoms with Crippen molar-refractivity contribution in [1.29, 1.82) is 5.26 Å². The Hall–Kier alpha value is -0.550. The van der Waals surface area contributed by atoms with Gasteiger partial charge in [-0.1, -0.05) is 26.2 Å². The van der Waals surface area contributed by atoms with Crippen molar-refractivity contribution in [3.63, 3.8) is 0 Å². The number of unbranched alkanes of at least 4 members (excludes halogenated alkanes) is 1. The molecule has 0 aromatic carbocycles. The molecular formula is C11H20N2. The van der Waals surface area contributed by atoms with E-state index in [0.717, 1.165) is 6.54 Å². The molecule has 13 heavy (non-hydrogen) atoms. The Morgan fingerprint density at radius 2 is 2.08 bits per heavy atom. The maximum Gasteiger partial charge on any atom is 0.0868 e. The lowest BCUT2D eigenvalue weighted by molar-refractivity contribution is 0.219. The summed E-state index contributed by atoms with van der Waals surface area (Å²) in [5.41, 5.74) is 0. The maximum absolute atomic E-state index is 8.70. The third-order valence-electron chi connectivity index (χ3n) is 2.91. The molecular weight excluding hydrogens is 160 g/mol. The van der Waals surface area contributed by atoms with Crippen LogP contribution in [0.25, 0.3) is 0 Å². The molecule has 0 aromatic rings. The predicted octanol–water partition coefficient (Wildman–Crippen LogP) is 2.55. The molecule has 0 heterocycles. The van der Waals surface area contributed by atoms with E-state index in [1.165, 1.54) is 38.5 Å². The van der Waals surface area contributed by atoms with Gasteiger partial charge in [-0.15, -0.1) is 0 Å². The average Bonchev–Trinajstić information content (AvgIpc) is 2.65. The van der Waals surface area contributed by atoms with E-state index in [-0.39, 0.29) is 0 Å². The van der Waals surface area contributed by atoms with Crippen molar-refractivity contribution in [2.45, 2.75) is 51.5 Å².